The molecule has 0 aromatic carbocycles. The molecule has 1 radical (unpaired) electrons. The summed E-state index contributed by atoms with van der Waals surface area (Å²) in [7, 11) is 0. The Morgan fingerprint density at radius 2 is 0.962 bits per heavy atom. The smallest absolute Gasteiger partial charge is 0.306 e. The van der Waals surface area contributed by atoms with E-state index in [0.29, 0.717) is 67.0 Å². The van der Waals surface area contributed by atoms with Crippen LogP contribution in [0.4, 0.5) is 11.4 Å². The number of carboxylic acid groups (broad SMARTS) is 1. The molecule has 0 aliphatic carbocycles. The molecule has 52 heavy (non-hydrogen) atoms. The van der Waals surface area contributed by atoms with Gasteiger partial charge in [-0.3, -0.25) is 19.7 Å². The first-order valence-electron chi connectivity index (χ1n) is 15.7. The van der Waals surface area contributed by atoms with Crippen LogP contribution in [0.3, 0.4) is 0 Å². The Balaban J connectivity index is 0.000000358. The number of aliphatic carboxylic acids is 1. The van der Waals surface area contributed by atoms with Crippen molar-refractivity contribution in [1.29, 1.82) is 10.5 Å². The zero-order valence-electron chi connectivity index (χ0n) is 27.8. The van der Waals surface area contributed by atoms with Crippen molar-refractivity contribution in [3.05, 3.63) is 72.3 Å². The molecule has 0 amide bonds. The summed E-state index contributed by atoms with van der Waals surface area (Å²) >= 11 is 40.9. The third-order valence-corrected chi connectivity index (χ3v) is 10.4. The van der Waals surface area contributed by atoms with E-state index < -0.39 is 5.97 Å². The number of pyridine rings is 3. The van der Waals surface area contributed by atoms with Crippen molar-refractivity contribution in [2.75, 3.05) is 49.1 Å². The van der Waals surface area contributed by atoms with E-state index in [2.05, 4.69) is 37.3 Å². The quantitative estimate of drug-likeness (QED) is 0.261. The number of piperidine rings is 3. The van der Waals surface area contributed by atoms with E-state index in [0.717, 1.165) is 63.2 Å². The fraction of sp³-hybridized carbons (Fsp3) is 0.455. The summed E-state index contributed by atoms with van der Waals surface area (Å²) in [6.45, 7) is 5.00. The van der Waals surface area contributed by atoms with Crippen LogP contribution in [0, 0.1) is 71.5 Å². The monoisotopic (exact) mass is 1110 g/mol. The van der Waals surface area contributed by atoms with Crippen LogP contribution >= 0.6 is 81.2 Å². The molecule has 2 N–H and O–H groups in total. The Hall–Kier alpha value is -0.874. The number of nitriles is 2. The van der Waals surface area contributed by atoms with Gasteiger partial charge in [-0.25, -0.2) is 0 Å². The number of rotatable bonds is 3. The number of carbonyl (C=O) groups is 1. The third kappa shape index (κ3) is 15.7. The normalized spacial score (nSPS) is 16.0. The number of aromatic nitrogens is 3. The Bertz CT molecular complexity index is 1590. The Labute approximate surface area is 375 Å². The Morgan fingerprint density at radius 1 is 0.635 bits per heavy atom. The first-order valence-corrected chi connectivity index (χ1v) is 18.4. The number of carboxylic acids is 1. The summed E-state index contributed by atoms with van der Waals surface area (Å²) in [5, 5.41) is 32.6. The second kappa shape index (κ2) is 26.1. The van der Waals surface area contributed by atoms with Crippen LogP contribution in [0.15, 0.2) is 37.2 Å². The maximum absolute atomic E-state index is 10.9. The second-order valence-corrected chi connectivity index (χ2v) is 14.3. The molecular formula is C33H35Cl7N8O2UV. The summed E-state index contributed by atoms with van der Waals surface area (Å²) in [4.78, 5) is 26.5. The van der Waals surface area contributed by atoms with Crippen LogP contribution in [0.1, 0.15) is 38.5 Å². The first-order chi connectivity index (χ1) is 24.0. The minimum atomic E-state index is -0.725. The van der Waals surface area contributed by atoms with Gasteiger partial charge < -0.3 is 20.2 Å². The van der Waals surface area contributed by atoms with Gasteiger partial charge in [0.25, 0.3) is 0 Å². The van der Waals surface area contributed by atoms with Crippen molar-refractivity contribution in [3.63, 3.8) is 0 Å². The molecule has 6 heterocycles. The van der Waals surface area contributed by atoms with Crippen molar-refractivity contribution in [2.45, 2.75) is 38.5 Å². The fourth-order valence-electron chi connectivity index (χ4n) is 5.34. The van der Waals surface area contributed by atoms with Crippen molar-refractivity contribution in [3.8, 4) is 12.1 Å². The molecule has 0 bridgehead atoms. The standard InChI is InChI=1S/C11H11Cl2N3.C11H12Cl2N2O2.C6H10N2.C5H2Cl3N.U.V/c12-9-6-15-7-10(13)11(9)16-3-1-8(5-14)2-4-16;12-8-5-14-6-9(13)10(8)15-3-1-7(2-4-15)11(16)17;7-5-6-1-3-8-4-2-6;6-3-1-9-2-4(7)5(3)8;;/h6-8H,1-4H2;5-7H,1-4H2,(H,16,17);6,8H,1-4H2;1-2H;;. The zero-order chi connectivity index (χ0) is 36.6. The molecule has 10 nitrogen and oxygen atoms in total. The summed E-state index contributed by atoms with van der Waals surface area (Å²) in [6.07, 6.45) is 14.2. The molecule has 3 aromatic rings. The Morgan fingerprint density at radius 3 is 1.27 bits per heavy atom. The summed E-state index contributed by atoms with van der Waals surface area (Å²) in [5.74, 6) is -0.492. The summed E-state index contributed by atoms with van der Waals surface area (Å²) in [6, 6.07) is 4.56. The molecule has 0 saturated carbocycles. The van der Waals surface area contributed by atoms with Crippen LogP contribution in [-0.4, -0.2) is 65.3 Å². The van der Waals surface area contributed by atoms with Crippen molar-refractivity contribution < 1.29 is 59.6 Å². The first kappa shape index (κ1) is 49.1. The van der Waals surface area contributed by atoms with Crippen molar-refractivity contribution in [2.24, 2.45) is 17.8 Å². The average molecular weight is 1110 g/mol. The number of nitrogens with zero attached hydrogens (tertiary/aromatic N) is 7. The minimum Gasteiger partial charge on any atom is -0.481 e. The molecule has 0 unspecified atom stereocenters. The molecular weight excluding hydrogens is 1080 g/mol. The molecule has 3 aliphatic heterocycles. The minimum absolute atomic E-state index is 0. The van der Waals surface area contributed by atoms with Gasteiger partial charge in [-0.15, -0.1) is 0 Å². The molecule has 277 valence electrons. The van der Waals surface area contributed by atoms with Gasteiger partial charge in [-0.2, -0.15) is 10.5 Å². The van der Waals surface area contributed by atoms with E-state index in [1.165, 1.54) is 12.4 Å². The summed E-state index contributed by atoms with van der Waals surface area (Å²) < 4.78 is 0. The van der Waals surface area contributed by atoms with E-state index >= 15 is 0 Å². The number of anilines is 2. The van der Waals surface area contributed by atoms with Gasteiger partial charge >= 0.3 is 5.97 Å². The Kier molecular flexibility index (Phi) is 24.6. The maximum Gasteiger partial charge on any atom is 0.306 e. The SMILES string of the molecule is Clc1cncc(Cl)c1Cl.N#CC1CCN(c2c(Cl)cncc2Cl)CC1.N#CC1CCNCC1.O=C(O)C1CCN(c2c(Cl)cncc2Cl)CC1.[U].[V]. The van der Waals surface area contributed by atoms with Gasteiger partial charge in [0, 0.05) is 125 Å². The molecule has 0 atom stereocenters. The van der Waals surface area contributed by atoms with Gasteiger partial charge in [-0.05, 0) is 51.6 Å². The van der Waals surface area contributed by atoms with Gasteiger partial charge in [0.1, 0.15) is 0 Å². The van der Waals surface area contributed by atoms with E-state index in [1.807, 2.05) is 4.90 Å². The van der Waals surface area contributed by atoms with Gasteiger partial charge in [-0.1, -0.05) is 81.2 Å². The predicted molar refractivity (Wildman–Crippen MR) is 202 cm³/mol. The molecule has 3 fully saturated rings. The van der Waals surface area contributed by atoms with E-state index in [-0.39, 0.29) is 61.5 Å². The van der Waals surface area contributed by atoms with Gasteiger partial charge in [0.2, 0.25) is 0 Å². The zero-order valence-corrected chi connectivity index (χ0v) is 38.6. The number of nitrogens with one attached hydrogen (secondary N) is 1. The number of hydrogen-bond acceptors (Lipinski definition) is 9. The number of halogens is 7. The molecule has 3 saturated heterocycles. The second-order valence-electron chi connectivity index (χ2n) is 11.5. The molecule has 6 rings (SSSR count). The molecule has 3 aliphatic rings. The largest absolute Gasteiger partial charge is 0.481 e. The van der Waals surface area contributed by atoms with Crippen LogP contribution in [-0.2, 0) is 23.4 Å². The van der Waals surface area contributed by atoms with E-state index in [4.69, 9.17) is 96.8 Å². The maximum atomic E-state index is 10.9. The van der Waals surface area contributed by atoms with Crippen LogP contribution in [0.5, 0.6) is 0 Å². The fourth-order valence-corrected chi connectivity index (χ4v) is 7.01. The molecule has 0 spiro atoms. The van der Waals surface area contributed by atoms with Crippen LogP contribution in [0.2, 0.25) is 35.2 Å². The predicted octanol–water partition coefficient (Wildman–Crippen LogP) is 9.37. The van der Waals surface area contributed by atoms with Crippen LogP contribution in [0.25, 0.3) is 0 Å². The van der Waals surface area contributed by atoms with Gasteiger partial charge in [0.15, 0.2) is 0 Å². The average Bonchev–Trinajstić information content (AvgIpc) is 3.12. The molecule has 3 aromatic heterocycles. The van der Waals surface area contributed by atoms with Crippen molar-refractivity contribution in [1.82, 2.24) is 20.3 Å². The van der Waals surface area contributed by atoms with E-state index in [9.17, 15) is 4.79 Å². The third-order valence-electron chi connectivity index (χ3n) is 8.13. The van der Waals surface area contributed by atoms with Crippen LogP contribution < -0.4 is 15.1 Å². The van der Waals surface area contributed by atoms with E-state index in [1.54, 1.807) is 24.8 Å². The van der Waals surface area contributed by atoms with Gasteiger partial charge in [0.05, 0.1) is 64.6 Å². The topological polar surface area (TPSA) is 142 Å². The molecule has 19 heteroatoms. The summed E-state index contributed by atoms with van der Waals surface area (Å²) in [5.41, 5.74) is 1.60. The number of hydrogen-bond donors (Lipinski definition) is 2. The van der Waals surface area contributed by atoms with Crippen molar-refractivity contribution >= 4 is 98.6 Å².